The number of imidazole rings is 1. The molecule has 0 radical (unpaired) electrons. The molecular weight excluding hydrogens is 604 g/mol. The molecule has 4 aromatic heterocycles. The lowest BCUT2D eigenvalue weighted by molar-refractivity contribution is 0.668. The molecule has 0 bridgehead atoms. The molecule has 0 N–H and O–H groups in total. The Balaban J connectivity index is 1.24. The number of hydrogen-bond donors (Lipinski definition) is 0. The number of benzene rings is 5. The third kappa shape index (κ3) is 4.47. The van der Waals surface area contributed by atoms with Crippen molar-refractivity contribution in [3.05, 3.63) is 126 Å². The molecule has 0 amide bonds. The van der Waals surface area contributed by atoms with Gasteiger partial charge in [-0.2, -0.15) is 5.26 Å². The number of fused-ring (bicyclic) bond motifs is 7. The number of nitriles is 1. The van der Waals surface area contributed by atoms with Crippen molar-refractivity contribution in [1.82, 2.24) is 14.5 Å². The molecule has 9 rings (SSSR count). The highest BCUT2D eigenvalue weighted by Gasteiger charge is 2.24. The van der Waals surface area contributed by atoms with E-state index in [4.69, 9.17) is 18.8 Å². The van der Waals surface area contributed by atoms with E-state index < -0.39 is 0 Å². The number of pyridine rings is 1. The summed E-state index contributed by atoms with van der Waals surface area (Å²) >= 11 is 0. The van der Waals surface area contributed by atoms with Gasteiger partial charge in [-0.25, -0.2) is 4.98 Å². The maximum Gasteiger partial charge on any atom is 0.164 e. The van der Waals surface area contributed by atoms with Crippen molar-refractivity contribution in [3.8, 4) is 34.3 Å². The molecule has 6 nitrogen and oxygen atoms in total. The Morgan fingerprint density at radius 1 is 0.673 bits per heavy atom. The van der Waals surface area contributed by atoms with Crippen molar-refractivity contribution >= 4 is 55.0 Å². The molecule has 0 unspecified atom stereocenters. The molecule has 0 aliphatic rings. The van der Waals surface area contributed by atoms with Crippen LogP contribution in [0.15, 0.2) is 118 Å². The molecule has 0 saturated carbocycles. The summed E-state index contributed by atoms with van der Waals surface area (Å²) in [6.07, 6.45) is 1.86. The van der Waals surface area contributed by atoms with Gasteiger partial charge in [-0.1, -0.05) is 70.2 Å². The fraction of sp³-hybridized carbons (Fsp3) is 0.140. The molecular formula is C43H32N4O2. The van der Waals surface area contributed by atoms with Crippen molar-refractivity contribution in [3.63, 3.8) is 0 Å². The van der Waals surface area contributed by atoms with Gasteiger partial charge >= 0.3 is 0 Å². The van der Waals surface area contributed by atoms with Crippen LogP contribution in [0.2, 0.25) is 0 Å². The molecule has 0 fully saturated rings. The second kappa shape index (κ2) is 10.9. The van der Waals surface area contributed by atoms with Gasteiger partial charge in [-0.3, -0.25) is 9.55 Å². The number of aromatic nitrogens is 3. The average molecular weight is 637 g/mol. The van der Waals surface area contributed by atoms with Gasteiger partial charge in [0.1, 0.15) is 28.1 Å². The first kappa shape index (κ1) is 29.0. The Bertz CT molecular complexity index is 2780. The Hall–Kier alpha value is -6.19. The zero-order chi connectivity index (χ0) is 33.4. The van der Waals surface area contributed by atoms with Gasteiger partial charge in [-0.15, -0.1) is 0 Å². The minimum absolute atomic E-state index is 0.318. The quantitative estimate of drug-likeness (QED) is 0.188. The van der Waals surface area contributed by atoms with Crippen LogP contribution < -0.4 is 0 Å². The van der Waals surface area contributed by atoms with E-state index in [9.17, 15) is 5.26 Å². The number of para-hydroxylation sites is 3. The zero-order valence-corrected chi connectivity index (χ0v) is 27.7. The van der Waals surface area contributed by atoms with Crippen LogP contribution in [-0.4, -0.2) is 14.5 Å². The highest BCUT2D eigenvalue weighted by Crippen LogP contribution is 2.41. The maximum absolute atomic E-state index is 9.38. The standard InChI is InChI=1S/C43H32N4O2/c1-24(2)29-8-7-9-30(25(3)4)41(29)47-36-11-6-5-10-35(36)46-43(47)33-18-19-45-40-32-16-14-28(22-39(32)49-42(33)40)27-13-15-31-34-20-26(23-44)12-17-37(34)48-38(31)21-27/h5-22,24-25H,1-4H3. The zero-order valence-electron chi connectivity index (χ0n) is 27.7. The van der Waals surface area contributed by atoms with E-state index in [0.29, 0.717) is 23.0 Å². The highest BCUT2D eigenvalue weighted by molar-refractivity contribution is 6.09. The van der Waals surface area contributed by atoms with Crippen LogP contribution in [0.5, 0.6) is 0 Å². The summed E-state index contributed by atoms with van der Waals surface area (Å²) in [5, 5.41) is 12.3. The second-order valence-corrected chi connectivity index (χ2v) is 13.3. The van der Waals surface area contributed by atoms with E-state index in [0.717, 1.165) is 72.0 Å². The summed E-state index contributed by atoms with van der Waals surface area (Å²) in [4.78, 5) is 10.1. The largest absolute Gasteiger partial charge is 0.456 e. The summed E-state index contributed by atoms with van der Waals surface area (Å²) < 4.78 is 15.2. The smallest absolute Gasteiger partial charge is 0.164 e. The monoisotopic (exact) mass is 636 g/mol. The fourth-order valence-electron chi connectivity index (χ4n) is 7.24. The lowest BCUT2D eigenvalue weighted by atomic mass is 9.92. The summed E-state index contributed by atoms with van der Waals surface area (Å²) in [6.45, 7) is 9.00. The predicted octanol–water partition coefficient (Wildman–Crippen LogP) is 11.7. The minimum Gasteiger partial charge on any atom is -0.456 e. The molecule has 0 atom stereocenters. The van der Waals surface area contributed by atoms with Crippen molar-refractivity contribution in [2.75, 3.05) is 0 Å². The van der Waals surface area contributed by atoms with Gasteiger partial charge < -0.3 is 8.83 Å². The summed E-state index contributed by atoms with van der Waals surface area (Å²) in [5.41, 5.74) is 13.1. The number of rotatable bonds is 5. The minimum atomic E-state index is 0.318. The summed E-state index contributed by atoms with van der Waals surface area (Å²) in [6, 6.07) is 37.2. The van der Waals surface area contributed by atoms with Crippen LogP contribution in [0, 0.1) is 11.3 Å². The van der Waals surface area contributed by atoms with Gasteiger partial charge in [0.15, 0.2) is 5.58 Å². The fourth-order valence-corrected chi connectivity index (χ4v) is 7.24. The van der Waals surface area contributed by atoms with Crippen molar-refractivity contribution in [2.24, 2.45) is 0 Å². The van der Waals surface area contributed by atoms with Gasteiger partial charge in [0, 0.05) is 22.4 Å². The Labute approximate surface area is 282 Å². The van der Waals surface area contributed by atoms with Crippen LogP contribution in [0.1, 0.15) is 56.2 Å². The first-order valence-electron chi connectivity index (χ1n) is 16.7. The third-order valence-electron chi connectivity index (χ3n) is 9.65. The van der Waals surface area contributed by atoms with E-state index in [2.05, 4.69) is 111 Å². The third-order valence-corrected chi connectivity index (χ3v) is 9.65. The van der Waals surface area contributed by atoms with E-state index >= 15 is 0 Å². The lowest BCUT2D eigenvalue weighted by Gasteiger charge is -2.22. The van der Waals surface area contributed by atoms with Crippen molar-refractivity contribution < 1.29 is 8.83 Å². The topological polar surface area (TPSA) is 80.8 Å². The van der Waals surface area contributed by atoms with Crippen LogP contribution in [0.3, 0.4) is 0 Å². The SMILES string of the molecule is CC(C)c1cccc(C(C)C)c1-n1c(-c2ccnc3c2oc2cc(-c4ccc5c(c4)oc4ccc(C#N)cc45)ccc23)nc2ccccc21. The number of hydrogen-bond acceptors (Lipinski definition) is 5. The molecule has 6 heteroatoms. The molecule has 49 heavy (non-hydrogen) atoms. The summed E-state index contributed by atoms with van der Waals surface area (Å²) in [7, 11) is 0. The van der Waals surface area contributed by atoms with Gasteiger partial charge in [0.05, 0.1) is 33.9 Å². The lowest BCUT2D eigenvalue weighted by Crippen LogP contribution is -2.08. The molecule has 0 aliphatic carbocycles. The van der Waals surface area contributed by atoms with E-state index in [-0.39, 0.29) is 0 Å². The Morgan fingerprint density at radius 3 is 2.12 bits per heavy atom. The Morgan fingerprint density at radius 2 is 1.39 bits per heavy atom. The second-order valence-electron chi connectivity index (χ2n) is 13.3. The Kier molecular flexibility index (Phi) is 6.47. The molecule has 0 saturated heterocycles. The van der Waals surface area contributed by atoms with Crippen LogP contribution >= 0.6 is 0 Å². The van der Waals surface area contributed by atoms with Gasteiger partial charge in [0.2, 0.25) is 0 Å². The first-order chi connectivity index (χ1) is 23.9. The predicted molar refractivity (Wildman–Crippen MR) is 197 cm³/mol. The molecule has 0 spiro atoms. The molecule has 236 valence electrons. The maximum atomic E-state index is 9.38. The average Bonchev–Trinajstić information content (AvgIpc) is 3.81. The van der Waals surface area contributed by atoms with Crippen molar-refractivity contribution in [1.29, 1.82) is 5.26 Å². The highest BCUT2D eigenvalue weighted by atomic mass is 16.3. The molecule has 0 aliphatic heterocycles. The van der Waals surface area contributed by atoms with Crippen LogP contribution in [-0.2, 0) is 0 Å². The van der Waals surface area contributed by atoms with Crippen molar-refractivity contribution in [2.45, 2.75) is 39.5 Å². The van der Waals surface area contributed by atoms with Crippen LogP contribution in [0.4, 0.5) is 0 Å². The molecule has 5 aromatic carbocycles. The normalized spacial score (nSPS) is 12.0. The van der Waals surface area contributed by atoms with Gasteiger partial charge in [0.25, 0.3) is 0 Å². The summed E-state index contributed by atoms with van der Waals surface area (Å²) in [5.74, 6) is 1.47. The van der Waals surface area contributed by atoms with E-state index in [1.807, 2.05) is 30.5 Å². The van der Waals surface area contributed by atoms with Crippen LogP contribution in [0.25, 0.3) is 83.2 Å². The number of nitrogens with zero attached hydrogens (tertiary/aromatic N) is 4. The first-order valence-corrected chi connectivity index (χ1v) is 16.7. The van der Waals surface area contributed by atoms with E-state index in [1.54, 1.807) is 6.07 Å². The van der Waals surface area contributed by atoms with Gasteiger partial charge in [-0.05, 0) is 94.8 Å². The molecule has 9 aromatic rings. The van der Waals surface area contributed by atoms with E-state index in [1.165, 1.54) is 16.8 Å². The number of furan rings is 2. The molecule has 4 heterocycles.